The van der Waals surface area contributed by atoms with Gasteiger partial charge in [-0.1, -0.05) is 6.07 Å². The lowest BCUT2D eigenvalue weighted by Crippen LogP contribution is -2.29. The van der Waals surface area contributed by atoms with Crippen molar-refractivity contribution in [3.05, 3.63) is 46.7 Å². The Morgan fingerprint density at radius 2 is 1.88 bits per heavy atom. The van der Waals surface area contributed by atoms with Crippen LogP contribution in [0.4, 0.5) is 11.4 Å². The van der Waals surface area contributed by atoms with E-state index in [-0.39, 0.29) is 0 Å². The molecule has 0 aliphatic rings. The standard InChI is InChI=1S/C14H18N2S/c1-11(2)16(10-14-4-3-9-17-14)13-7-5-12(15)6-8-13/h3-9,11H,10,15H2,1-2H3. The van der Waals surface area contributed by atoms with Crippen molar-refractivity contribution in [1.29, 1.82) is 0 Å². The summed E-state index contributed by atoms with van der Waals surface area (Å²) in [6.45, 7) is 5.38. The van der Waals surface area contributed by atoms with Crippen LogP contribution in [-0.4, -0.2) is 6.04 Å². The van der Waals surface area contributed by atoms with Crippen molar-refractivity contribution in [2.75, 3.05) is 10.6 Å². The molecule has 0 spiro atoms. The van der Waals surface area contributed by atoms with E-state index in [2.05, 4.69) is 48.4 Å². The van der Waals surface area contributed by atoms with E-state index in [0.29, 0.717) is 6.04 Å². The van der Waals surface area contributed by atoms with Gasteiger partial charge in [0.05, 0.1) is 6.54 Å². The predicted octanol–water partition coefficient (Wildman–Crippen LogP) is 3.75. The molecule has 2 nitrogen and oxygen atoms in total. The van der Waals surface area contributed by atoms with Crippen molar-refractivity contribution in [1.82, 2.24) is 0 Å². The Kier molecular flexibility index (Phi) is 3.69. The Labute approximate surface area is 107 Å². The summed E-state index contributed by atoms with van der Waals surface area (Å²) in [5, 5.41) is 2.12. The minimum atomic E-state index is 0.473. The van der Waals surface area contributed by atoms with Crippen molar-refractivity contribution in [2.24, 2.45) is 0 Å². The number of anilines is 2. The van der Waals surface area contributed by atoms with Crippen LogP contribution in [0.15, 0.2) is 41.8 Å². The van der Waals surface area contributed by atoms with E-state index < -0.39 is 0 Å². The van der Waals surface area contributed by atoms with Gasteiger partial charge in [-0.25, -0.2) is 0 Å². The van der Waals surface area contributed by atoms with E-state index >= 15 is 0 Å². The summed E-state index contributed by atoms with van der Waals surface area (Å²) in [6, 6.07) is 12.8. The smallest absolute Gasteiger partial charge is 0.0525 e. The van der Waals surface area contributed by atoms with Gasteiger partial charge in [-0.05, 0) is 49.6 Å². The van der Waals surface area contributed by atoms with Crippen molar-refractivity contribution >= 4 is 22.7 Å². The van der Waals surface area contributed by atoms with Crippen LogP contribution in [0, 0.1) is 0 Å². The average Bonchev–Trinajstić information content (AvgIpc) is 2.80. The lowest BCUT2D eigenvalue weighted by molar-refractivity contribution is 0.687. The fraction of sp³-hybridized carbons (Fsp3) is 0.286. The highest BCUT2D eigenvalue weighted by atomic mass is 32.1. The van der Waals surface area contributed by atoms with Gasteiger partial charge >= 0.3 is 0 Å². The van der Waals surface area contributed by atoms with Crippen molar-refractivity contribution in [2.45, 2.75) is 26.4 Å². The molecular formula is C14H18N2S. The first-order chi connectivity index (χ1) is 8.16. The molecule has 0 saturated heterocycles. The van der Waals surface area contributed by atoms with Crippen LogP contribution >= 0.6 is 11.3 Å². The highest BCUT2D eigenvalue weighted by molar-refractivity contribution is 7.09. The summed E-state index contributed by atoms with van der Waals surface area (Å²) in [5.41, 5.74) is 7.76. The maximum Gasteiger partial charge on any atom is 0.0525 e. The molecule has 1 heterocycles. The van der Waals surface area contributed by atoms with E-state index in [4.69, 9.17) is 5.73 Å². The Morgan fingerprint density at radius 1 is 1.18 bits per heavy atom. The fourth-order valence-corrected chi connectivity index (χ4v) is 2.51. The zero-order valence-electron chi connectivity index (χ0n) is 10.3. The molecule has 0 aliphatic carbocycles. The number of benzene rings is 1. The topological polar surface area (TPSA) is 29.3 Å². The van der Waals surface area contributed by atoms with E-state index in [1.807, 2.05) is 12.1 Å². The zero-order valence-corrected chi connectivity index (χ0v) is 11.1. The average molecular weight is 246 g/mol. The van der Waals surface area contributed by atoms with Crippen LogP contribution in [0.2, 0.25) is 0 Å². The summed E-state index contributed by atoms with van der Waals surface area (Å²) in [7, 11) is 0. The predicted molar refractivity (Wildman–Crippen MR) is 76.5 cm³/mol. The quantitative estimate of drug-likeness (QED) is 0.833. The minimum absolute atomic E-state index is 0.473. The number of nitrogen functional groups attached to an aromatic ring is 1. The Hall–Kier alpha value is -1.48. The first-order valence-corrected chi connectivity index (χ1v) is 6.69. The maximum atomic E-state index is 5.72. The van der Waals surface area contributed by atoms with Gasteiger partial charge in [0.15, 0.2) is 0 Å². The number of hydrogen-bond donors (Lipinski definition) is 1. The summed E-state index contributed by atoms with van der Waals surface area (Å²) in [5.74, 6) is 0. The highest BCUT2D eigenvalue weighted by Gasteiger charge is 2.11. The zero-order chi connectivity index (χ0) is 12.3. The van der Waals surface area contributed by atoms with Gasteiger partial charge in [0, 0.05) is 22.3 Å². The number of nitrogens with two attached hydrogens (primary N) is 1. The van der Waals surface area contributed by atoms with E-state index in [9.17, 15) is 0 Å². The first-order valence-electron chi connectivity index (χ1n) is 5.81. The molecule has 0 bridgehead atoms. The van der Waals surface area contributed by atoms with Crippen molar-refractivity contribution < 1.29 is 0 Å². The molecule has 2 rings (SSSR count). The van der Waals surface area contributed by atoms with E-state index in [1.54, 1.807) is 11.3 Å². The third kappa shape index (κ3) is 3.01. The van der Waals surface area contributed by atoms with Gasteiger partial charge in [-0.2, -0.15) is 0 Å². The van der Waals surface area contributed by atoms with Crippen LogP contribution < -0.4 is 10.6 Å². The molecule has 0 aliphatic heterocycles. The second-order valence-corrected chi connectivity index (χ2v) is 5.42. The van der Waals surface area contributed by atoms with Gasteiger partial charge < -0.3 is 10.6 Å². The third-order valence-electron chi connectivity index (χ3n) is 2.75. The number of rotatable bonds is 4. The molecule has 1 aromatic heterocycles. The van der Waals surface area contributed by atoms with Crippen LogP contribution in [-0.2, 0) is 6.54 Å². The Morgan fingerprint density at radius 3 is 2.41 bits per heavy atom. The number of hydrogen-bond acceptors (Lipinski definition) is 3. The summed E-state index contributed by atoms with van der Waals surface area (Å²) in [4.78, 5) is 3.76. The van der Waals surface area contributed by atoms with Gasteiger partial charge in [-0.3, -0.25) is 0 Å². The Bertz CT molecular complexity index is 446. The van der Waals surface area contributed by atoms with Crippen LogP contribution in [0.1, 0.15) is 18.7 Å². The molecular weight excluding hydrogens is 228 g/mol. The van der Waals surface area contributed by atoms with E-state index in [0.717, 1.165) is 12.2 Å². The second-order valence-electron chi connectivity index (χ2n) is 4.39. The molecule has 0 atom stereocenters. The van der Waals surface area contributed by atoms with E-state index in [1.165, 1.54) is 10.6 Å². The van der Waals surface area contributed by atoms with Gasteiger partial charge in [0.25, 0.3) is 0 Å². The van der Waals surface area contributed by atoms with Gasteiger partial charge in [0.1, 0.15) is 0 Å². The van der Waals surface area contributed by atoms with Crippen molar-refractivity contribution in [3.63, 3.8) is 0 Å². The molecule has 1 aromatic carbocycles. The van der Waals surface area contributed by atoms with Crippen LogP contribution in [0.3, 0.4) is 0 Å². The largest absolute Gasteiger partial charge is 0.399 e. The molecule has 0 saturated carbocycles. The molecule has 0 amide bonds. The summed E-state index contributed by atoms with van der Waals surface area (Å²) >= 11 is 1.80. The van der Waals surface area contributed by atoms with Crippen molar-refractivity contribution in [3.8, 4) is 0 Å². The lowest BCUT2D eigenvalue weighted by Gasteiger charge is -2.28. The molecule has 17 heavy (non-hydrogen) atoms. The number of nitrogens with zero attached hydrogens (tertiary/aromatic N) is 1. The number of thiophene rings is 1. The second kappa shape index (κ2) is 5.23. The molecule has 0 fully saturated rings. The first kappa shape index (κ1) is 12.0. The monoisotopic (exact) mass is 246 g/mol. The van der Waals surface area contributed by atoms with Crippen LogP contribution in [0.5, 0.6) is 0 Å². The lowest BCUT2D eigenvalue weighted by atomic mass is 10.2. The molecule has 0 radical (unpaired) electrons. The fourth-order valence-electron chi connectivity index (χ4n) is 1.81. The molecule has 2 aromatic rings. The molecule has 0 unspecified atom stereocenters. The third-order valence-corrected chi connectivity index (χ3v) is 3.62. The highest BCUT2D eigenvalue weighted by Crippen LogP contribution is 2.22. The SMILES string of the molecule is CC(C)N(Cc1cccs1)c1ccc(N)cc1. The summed E-state index contributed by atoms with van der Waals surface area (Å²) < 4.78 is 0. The maximum absolute atomic E-state index is 5.72. The molecule has 3 heteroatoms. The minimum Gasteiger partial charge on any atom is -0.399 e. The van der Waals surface area contributed by atoms with Gasteiger partial charge in [-0.15, -0.1) is 11.3 Å². The van der Waals surface area contributed by atoms with Gasteiger partial charge in [0.2, 0.25) is 0 Å². The summed E-state index contributed by atoms with van der Waals surface area (Å²) in [6.07, 6.45) is 0. The molecule has 2 N–H and O–H groups in total. The molecule has 90 valence electrons. The van der Waals surface area contributed by atoms with Crippen LogP contribution in [0.25, 0.3) is 0 Å². The normalized spacial score (nSPS) is 10.8. The Balaban J connectivity index is 2.20.